The van der Waals surface area contributed by atoms with Crippen molar-refractivity contribution < 1.29 is 0 Å². The van der Waals surface area contributed by atoms with E-state index in [4.69, 9.17) is 0 Å². The van der Waals surface area contributed by atoms with Crippen LogP contribution in [0.25, 0.3) is 21.1 Å². The van der Waals surface area contributed by atoms with Gasteiger partial charge < -0.3 is 9.88 Å². The van der Waals surface area contributed by atoms with E-state index in [1.165, 1.54) is 65.8 Å². The van der Waals surface area contributed by atoms with Crippen molar-refractivity contribution in [2.75, 3.05) is 13.1 Å². The molecule has 1 aliphatic heterocycles. The minimum atomic E-state index is 0.600. The van der Waals surface area contributed by atoms with E-state index in [9.17, 15) is 0 Å². The van der Waals surface area contributed by atoms with Crippen molar-refractivity contribution in [3.63, 3.8) is 0 Å². The molecule has 0 atom stereocenters. The predicted octanol–water partition coefficient (Wildman–Crippen LogP) is 7.59. The molecule has 0 spiro atoms. The van der Waals surface area contributed by atoms with Gasteiger partial charge >= 0.3 is 0 Å². The highest BCUT2D eigenvalue weighted by Gasteiger charge is 2.18. The van der Waals surface area contributed by atoms with Crippen LogP contribution in [0.3, 0.4) is 0 Å². The first kappa shape index (κ1) is 19.9. The molecule has 4 heterocycles. The van der Waals surface area contributed by atoms with Crippen LogP contribution in [-0.4, -0.2) is 29.0 Å². The van der Waals surface area contributed by atoms with Crippen molar-refractivity contribution in [2.24, 2.45) is 0 Å². The van der Waals surface area contributed by atoms with Crippen LogP contribution in [0.5, 0.6) is 0 Å². The number of hydrogen-bond acceptors (Lipinski definition) is 3. The van der Waals surface area contributed by atoms with E-state index in [1.807, 2.05) is 22.7 Å². The number of hydrogen-bond donors (Lipinski definition) is 1. The quantitative estimate of drug-likeness (QED) is 0.345. The monoisotopic (exact) mass is 526 g/mol. The number of halogens is 2. The summed E-state index contributed by atoms with van der Waals surface area (Å²) in [5.41, 5.74) is 5.38. The Morgan fingerprint density at radius 2 is 1.37 bits per heavy atom. The van der Waals surface area contributed by atoms with Crippen LogP contribution in [-0.2, 0) is 12.8 Å². The zero-order valence-electron chi connectivity index (χ0n) is 15.6. The number of thiophene rings is 2. The number of nitrogens with one attached hydrogen (secondary N) is 1. The van der Waals surface area contributed by atoms with Crippen molar-refractivity contribution in [1.29, 1.82) is 0 Å². The van der Waals surface area contributed by atoms with Gasteiger partial charge in [-0.25, -0.2) is 0 Å². The number of nitrogens with zero attached hydrogens (tertiary/aromatic N) is 1. The molecule has 3 aromatic heterocycles. The molecule has 2 nitrogen and oxygen atoms in total. The molecule has 0 fully saturated rings. The molecule has 27 heavy (non-hydrogen) atoms. The smallest absolute Gasteiger partial charge is 0.0708 e. The largest absolute Gasteiger partial charge is 0.353 e. The first-order valence-corrected chi connectivity index (χ1v) is 12.7. The molecule has 0 aromatic carbocycles. The normalized spacial score (nSPS) is 16.2. The third kappa shape index (κ3) is 4.45. The van der Waals surface area contributed by atoms with Gasteiger partial charge in [-0.05, 0) is 120 Å². The van der Waals surface area contributed by atoms with Gasteiger partial charge in [0.25, 0.3) is 0 Å². The van der Waals surface area contributed by atoms with Crippen molar-refractivity contribution in [3.8, 4) is 21.1 Å². The lowest BCUT2D eigenvalue weighted by Gasteiger charge is -2.26. The molecule has 0 saturated heterocycles. The Bertz CT molecular complexity index is 854. The number of aryl methyl sites for hydroxylation is 2. The number of aromatic nitrogens is 1. The third-order valence-electron chi connectivity index (χ3n) is 5.25. The van der Waals surface area contributed by atoms with Gasteiger partial charge in [0.2, 0.25) is 0 Å². The van der Waals surface area contributed by atoms with Crippen LogP contribution in [0.2, 0.25) is 0 Å². The van der Waals surface area contributed by atoms with Crippen LogP contribution >= 0.6 is 54.5 Å². The van der Waals surface area contributed by atoms with Gasteiger partial charge in [-0.3, -0.25) is 0 Å². The average molecular weight is 528 g/mol. The Labute approximate surface area is 186 Å². The summed E-state index contributed by atoms with van der Waals surface area (Å²) in [6, 6.07) is 9.70. The van der Waals surface area contributed by atoms with Crippen LogP contribution in [0.4, 0.5) is 0 Å². The van der Waals surface area contributed by atoms with Crippen LogP contribution < -0.4 is 0 Å². The summed E-state index contributed by atoms with van der Waals surface area (Å²) in [5.74, 6) is 0. The van der Waals surface area contributed by atoms with Crippen molar-refractivity contribution in [3.05, 3.63) is 43.0 Å². The molecule has 6 heteroatoms. The highest BCUT2D eigenvalue weighted by atomic mass is 79.9. The molecule has 0 saturated carbocycles. The minimum Gasteiger partial charge on any atom is -0.353 e. The van der Waals surface area contributed by atoms with Crippen molar-refractivity contribution in [2.45, 2.75) is 45.6 Å². The molecule has 144 valence electrons. The number of aromatic amines is 1. The fourth-order valence-corrected chi connectivity index (χ4v) is 7.21. The lowest BCUT2D eigenvalue weighted by molar-refractivity contribution is 0.217. The number of H-pyrrole nitrogens is 1. The first-order chi connectivity index (χ1) is 13.0. The fraction of sp³-hybridized carbons (Fsp3) is 0.429. The van der Waals surface area contributed by atoms with E-state index < -0.39 is 0 Å². The lowest BCUT2D eigenvalue weighted by Crippen LogP contribution is -2.33. The summed E-state index contributed by atoms with van der Waals surface area (Å²) in [6.45, 7) is 6.98. The number of rotatable bonds is 1. The Kier molecular flexibility index (Phi) is 6.29. The van der Waals surface area contributed by atoms with E-state index in [0.29, 0.717) is 6.04 Å². The average Bonchev–Trinajstić information content (AvgIpc) is 3.31. The molecule has 4 rings (SSSR count). The van der Waals surface area contributed by atoms with Crippen molar-refractivity contribution in [1.82, 2.24) is 9.88 Å². The molecule has 1 aliphatic rings. The first-order valence-electron chi connectivity index (χ1n) is 9.51. The maximum absolute atomic E-state index is 3.70. The minimum absolute atomic E-state index is 0.600. The van der Waals surface area contributed by atoms with E-state index >= 15 is 0 Å². The summed E-state index contributed by atoms with van der Waals surface area (Å²) >= 11 is 11.1. The zero-order chi connectivity index (χ0) is 19.0. The molecule has 0 amide bonds. The Morgan fingerprint density at radius 1 is 0.889 bits per heavy atom. The predicted molar refractivity (Wildman–Crippen MR) is 126 cm³/mol. The lowest BCUT2D eigenvalue weighted by atomic mass is 10.1. The van der Waals surface area contributed by atoms with E-state index in [-0.39, 0.29) is 0 Å². The molecule has 0 aliphatic carbocycles. The number of fused-ring (bicyclic) bond motifs is 6. The Hall–Kier alpha value is -0.400. The Morgan fingerprint density at radius 3 is 1.81 bits per heavy atom. The second-order valence-electron chi connectivity index (χ2n) is 7.43. The fourth-order valence-electron chi connectivity index (χ4n) is 3.85. The van der Waals surface area contributed by atoms with Crippen LogP contribution in [0.15, 0.2) is 31.8 Å². The van der Waals surface area contributed by atoms with E-state index in [1.54, 1.807) is 0 Å². The molecule has 0 radical (unpaired) electrons. The van der Waals surface area contributed by atoms with Gasteiger partial charge in [-0.1, -0.05) is 0 Å². The van der Waals surface area contributed by atoms with Crippen LogP contribution in [0, 0.1) is 0 Å². The summed E-state index contributed by atoms with van der Waals surface area (Å²) in [5, 5.41) is 0. The van der Waals surface area contributed by atoms with Gasteiger partial charge in [0.1, 0.15) is 0 Å². The maximum Gasteiger partial charge on any atom is 0.0708 e. The highest BCUT2D eigenvalue weighted by Crippen LogP contribution is 2.40. The molecular weight excluding hydrogens is 504 g/mol. The van der Waals surface area contributed by atoms with E-state index in [0.717, 1.165) is 12.8 Å². The van der Waals surface area contributed by atoms with Crippen molar-refractivity contribution >= 4 is 54.5 Å². The second kappa shape index (κ2) is 8.54. The third-order valence-corrected chi connectivity index (χ3v) is 8.67. The summed E-state index contributed by atoms with van der Waals surface area (Å²) in [7, 11) is 0. The molecule has 2 bridgehead atoms. The highest BCUT2D eigenvalue weighted by molar-refractivity contribution is 9.11. The standard InChI is InChI=1S/C21H24Br2N2S2/c1-13(2)25-9-3-5-14-11-18(22)26-20(14)16-7-8-17(24-16)21-15(6-4-10-25)12-19(23)27-21/h7-8,11-13,24H,3-6,9-10H2,1-2H3. The molecule has 1 N–H and O–H groups in total. The zero-order valence-corrected chi connectivity index (χ0v) is 20.5. The van der Waals surface area contributed by atoms with Gasteiger partial charge in [-0.2, -0.15) is 0 Å². The van der Waals surface area contributed by atoms with Gasteiger partial charge in [0.15, 0.2) is 0 Å². The molecule has 3 aromatic rings. The Balaban J connectivity index is 1.74. The van der Waals surface area contributed by atoms with Gasteiger partial charge in [0, 0.05) is 6.04 Å². The van der Waals surface area contributed by atoms with Gasteiger partial charge in [-0.15, -0.1) is 22.7 Å². The second-order valence-corrected chi connectivity index (χ2v) is 12.3. The van der Waals surface area contributed by atoms with Gasteiger partial charge in [0.05, 0.1) is 28.7 Å². The summed E-state index contributed by atoms with van der Waals surface area (Å²) in [6.07, 6.45) is 4.67. The van der Waals surface area contributed by atoms with Crippen LogP contribution in [0.1, 0.15) is 37.8 Å². The van der Waals surface area contributed by atoms with E-state index in [2.05, 4.69) is 79.9 Å². The molecular formula is C21H24Br2N2S2. The summed E-state index contributed by atoms with van der Waals surface area (Å²) < 4.78 is 2.43. The topological polar surface area (TPSA) is 19.0 Å². The molecule has 0 unspecified atom stereocenters. The summed E-state index contributed by atoms with van der Waals surface area (Å²) in [4.78, 5) is 9.09. The SMILES string of the molecule is CC(C)N1CCCc2cc(Br)sc2-c2ccc([nH]2)-c2sc(Br)cc2CCC1. The maximum atomic E-state index is 3.70.